The monoisotopic (exact) mass is 233 g/mol. The van der Waals surface area contributed by atoms with E-state index in [9.17, 15) is 0 Å². The Morgan fingerprint density at radius 1 is 1.12 bits per heavy atom. The van der Waals surface area contributed by atoms with Crippen LogP contribution in [0.4, 0.5) is 0 Å². The van der Waals surface area contributed by atoms with Crippen LogP contribution in [0, 0.1) is 6.92 Å². The smallest absolute Gasteiger partial charge is 0.166 e. The molecule has 1 fully saturated rings. The van der Waals surface area contributed by atoms with E-state index in [4.69, 9.17) is 15.2 Å². The van der Waals surface area contributed by atoms with Gasteiger partial charge in [0, 0.05) is 11.1 Å². The SMILES string of the molecule is Cc1cc2c(c(C3(N)CCCC3)c1)OCCO2. The zero-order valence-corrected chi connectivity index (χ0v) is 10.3. The summed E-state index contributed by atoms with van der Waals surface area (Å²) < 4.78 is 11.5. The normalized spacial score (nSPS) is 21.5. The van der Waals surface area contributed by atoms with Gasteiger partial charge in [0.1, 0.15) is 13.2 Å². The molecule has 0 atom stereocenters. The zero-order valence-electron chi connectivity index (χ0n) is 10.3. The third-order valence-electron chi connectivity index (χ3n) is 3.82. The van der Waals surface area contributed by atoms with Crippen molar-refractivity contribution in [3.63, 3.8) is 0 Å². The molecule has 3 nitrogen and oxygen atoms in total. The van der Waals surface area contributed by atoms with Gasteiger partial charge in [-0.2, -0.15) is 0 Å². The Morgan fingerprint density at radius 2 is 1.82 bits per heavy atom. The molecule has 1 aliphatic heterocycles. The zero-order chi connectivity index (χ0) is 11.9. The van der Waals surface area contributed by atoms with Crippen LogP contribution in [0.25, 0.3) is 0 Å². The van der Waals surface area contributed by atoms with Crippen LogP contribution < -0.4 is 15.2 Å². The molecule has 2 aliphatic rings. The molecular formula is C14H19NO2. The Kier molecular flexibility index (Phi) is 2.51. The molecule has 2 N–H and O–H groups in total. The highest BCUT2D eigenvalue weighted by atomic mass is 16.6. The fraction of sp³-hybridized carbons (Fsp3) is 0.571. The maximum absolute atomic E-state index is 6.54. The summed E-state index contributed by atoms with van der Waals surface area (Å²) in [6, 6.07) is 4.20. The van der Waals surface area contributed by atoms with Crippen molar-refractivity contribution in [2.75, 3.05) is 13.2 Å². The fourth-order valence-electron chi connectivity index (χ4n) is 2.94. The average Bonchev–Trinajstić information content (AvgIpc) is 2.76. The van der Waals surface area contributed by atoms with Crippen LogP contribution in [-0.2, 0) is 5.54 Å². The highest BCUT2D eigenvalue weighted by molar-refractivity contribution is 5.53. The Morgan fingerprint density at radius 3 is 2.59 bits per heavy atom. The number of ether oxygens (including phenoxy) is 2. The number of hydrogen-bond donors (Lipinski definition) is 1. The van der Waals surface area contributed by atoms with E-state index < -0.39 is 0 Å². The first-order valence-corrected chi connectivity index (χ1v) is 6.39. The summed E-state index contributed by atoms with van der Waals surface area (Å²) in [7, 11) is 0. The molecule has 1 aliphatic carbocycles. The lowest BCUT2D eigenvalue weighted by Crippen LogP contribution is -2.34. The van der Waals surface area contributed by atoms with Crippen LogP contribution in [0.1, 0.15) is 36.8 Å². The summed E-state index contributed by atoms with van der Waals surface area (Å²) in [6.45, 7) is 3.34. The molecule has 0 unspecified atom stereocenters. The predicted octanol–water partition coefficient (Wildman–Crippen LogP) is 2.49. The topological polar surface area (TPSA) is 44.5 Å². The van der Waals surface area contributed by atoms with Crippen LogP contribution in [0.15, 0.2) is 12.1 Å². The molecule has 1 aromatic carbocycles. The van der Waals surface area contributed by atoms with E-state index in [1.54, 1.807) is 0 Å². The molecule has 1 saturated carbocycles. The quantitative estimate of drug-likeness (QED) is 0.810. The van der Waals surface area contributed by atoms with Crippen molar-refractivity contribution in [3.05, 3.63) is 23.3 Å². The minimum atomic E-state index is -0.212. The molecule has 0 aromatic heterocycles. The largest absolute Gasteiger partial charge is 0.486 e. The Labute approximate surface area is 102 Å². The second-order valence-corrected chi connectivity index (χ2v) is 5.20. The van der Waals surface area contributed by atoms with Crippen molar-refractivity contribution in [2.45, 2.75) is 38.1 Å². The van der Waals surface area contributed by atoms with Crippen LogP contribution in [0.5, 0.6) is 11.5 Å². The van der Waals surface area contributed by atoms with Gasteiger partial charge in [-0.25, -0.2) is 0 Å². The van der Waals surface area contributed by atoms with Crippen molar-refractivity contribution < 1.29 is 9.47 Å². The Balaban J connectivity index is 2.11. The number of nitrogens with two attached hydrogens (primary N) is 1. The highest BCUT2D eigenvalue weighted by Gasteiger charge is 2.35. The number of rotatable bonds is 1. The summed E-state index contributed by atoms with van der Waals surface area (Å²) in [4.78, 5) is 0. The van der Waals surface area contributed by atoms with Gasteiger partial charge in [-0.1, -0.05) is 18.9 Å². The maximum Gasteiger partial charge on any atom is 0.166 e. The van der Waals surface area contributed by atoms with Crippen LogP contribution in [0.3, 0.4) is 0 Å². The van der Waals surface area contributed by atoms with Gasteiger partial charge in [-0.15, -0.1) is 0 Å². The lowest BCUT2D eigenvalue weighted by atomic mass is 9.87. The van der Waals surface area contributed by atoms with E-state index in [2.05, 4.69) is 13.0 Å². The molecule has 17 heavy (non-hydrogen) atoms. The third-order valence-corrected chi connectivity index (χ3v) is 3.82. The molecule has 0 radical (unpaired) electrons. The minimum Gasteiger partial charge on any atom is -0.486 e. The molecule has 0 amide bonds. The molecule has 0 saturated heterocycles. The Hall–Kier alpha value is -1.22. The van der Waals surface area contributed by atoms with Crippen LogP contribution in [0.2, 0.25) is 0 Å². The standard InChI is InChI=1S/C14H19NO2/c1-10-8-11(14(15)4-2-3-5-14)13-12(9-10)16-6-7-17-13/h8-9H,2-7,15H2,1H3. The van der Waals surface area contributed by atoms with E-state index in [1.807, 2.05) is 6.07 Å². The van der Waals surface area contributed by atoms with Gasteiger partial charge in [0.05, 0.1) is 0 Å². The van der Waals surface area contributed by atoms with Gasteiger partial charge in [0.2, 0.25) is 0 Å². The highest BCUT2D eigenvalue weighted by Crippen LogP contribution is 2.45. The fourth-order valence-corrected chi connectivity index (χ4v) is 2.94. The van der Waals surface area contributed by atoms with Crippen molar-refractivity contribution >= 4 is 0 Å². The second kappa shape index (κ2) is 3.91. The summed E-state index contributed by atoms with van der Waals surface area (Å²) in [6.07, 6.45) is 4.51. The predicted molar refractivity (Wildman–Crippen MR) is 66.5 cm³/mol. The molecule has 92 valence electrons. The molecule has 3 rings (SSSR count). The number of fused-ring (bicyclic) bond motifs is 1. The summed E-state index contributed by atoms with van der Waals surface area (Å²) in [5.41, 5.74) is 8.66. The second-order valence-electron chi connectivity index (χ2n) is 5.20. The van der Waals surface area contributed by atoms with Gasteiger partial charge < -0.3 is 15.2 Å². The van der Waals surface area contributed by atoms with Crippen LogP contribution in [-0.4, -0.2) is 13.2 Å². The van der Waals surface area contributed by atoms with E-state index in [-0.39, 0.29) is 5.54 Å². The van der Waals surface area contributed by atoms with Gasteiger partial charge in [-0.05, 0) is 31.4 Å². The maximum atomic E-state index is 6.54. The number of aryl methyl sites for hydroxylation is 1. The molecule has 0 bridgehead atoms. The minimum absolute atomic E-state index is 0.212. The van der Waals surface area contributed by atoms with E-state index >= 15 is 0 Å². The summed E-state index contributed by atoms with van der Waals surface area (Å²) in [5.74, 6) is 1.74. The molecule has 0 spiro atoms. The van der Waals surface area contributed by atoms with Crippen molar-refractivity contribution in [1.82, 2.24) is 0 Å². The lowest BCUT2D eigenvalue weighted by Gasteiger charge is -2.30. The van der Waals surface area contributed by atoms with Crippen molar-refractivity contribution in [1.29, 1.82) is 0 Å². The first kappa shape index (κ1) is 10.9. The van der Waals surface area contributed by atoms with E-state index in [0.717, 1.165) is 29.9 Å². The van der Waals surface area contributed by atoms with Gasteiger partial charge >= 0.3 is 0 Å². The van der Waals surface area contributed by atoms with Crippen molar-refractivity contribution in [3.8, 4) is 11.5 Å². The van der Waals surface area contributed by atoms with Crippen LogP contribution >= 0.6 is 0 Å². The first-order chi connectivity index (χ1) is 8.19. The summed E-state index contributed by atoms with van der Waals surface area (Å²) in [5, 5.41) is 0. The van der Waals surface area contributed by atoms with Gasteiger partial charge in [0.25, 0.3) is 0 Å². The molecular weight excluding hydrogens is 214 g/mol. The van der Waals surface area contributed by atoms with Gasteiger partial charge in [-0.3, -0.25) is 0 Å². The molecule has 3 heteroatoms. The number of hydrogen-bond acceptors (Lipinski definition) is 3. The summed E-state index contributed by atoms with van der Waals surface area (Å²) >= 11 is 0. The lowest BCUT2D eigenvalue weighted by molar-refractivity contribution is 0.166. The average molecular weight is 233 g/mol. The van der Waals surface area contributed by atoms with Crippen molar-refractivity contribution in [2.24, 2.45) is 5.73 Å². The molecule has 1 aromatic rings. The number of benzene rings is 1. The van der Waals surface area contributed by atoms with E-state index in [1.165, 1.54) is 18.4 Å². The Bertz CT molecular complexity index is 436. The molecule has 1 heterocycles. The van der Waals surface area contributed by atoms with Gasteiger partial charge in [0.15, 0.2) is 11.5 Å². The first-order valence-electron chi connectivity index (χ1n) is 6.39. The third kappa shape index (κ3) is 1.78. The van der Waals surface area contributed by atoms with E-state index in [0.29, 0.717) is 13.2 Å².